The summed E-state index contributed by atoms with van der Waals surface area (Å²) in [6, 6.07) is 4.16. The van der Waals surface area contributed by atoms with Crippen LogP contribution in [0, 0.1) is 5.82 Å². The first-order valence-electron chi connectivity index (χ1n) is 5.46. The van der Waals surface area contributed by atoms with Crippen LogP contribution < -0.4 is 15.8 Å². The minimum absolute atomic E-state index is 0.0190. The highest BCUT2D eigenvalue weighted by molar-refractivity contribution is 5.95. The Hall–Kier alpha value is -1.62. The number of halogens is 1. The molecule has 0 atom stereocenters. The summed E-state index contributed by atoms with van der Waals surface area (Å²) in [7, 11) is 1.45. The fraction of sp³-hybridized carbons (Fsp3) is 0.417. The first-order chi connectivity index (χ1) is 8.10. The molecular weight excluding hydrogens is 223 g/mol. The van der Waals surface area contributed by atoms with Crippen molar-refractivity contribution in [1.29, 1.82) is 0 Å². The van der Waals surface area contributed by atoms with Crippen LogP contribution in [-0.2, 0) is 0 Å². The molecule has 1 amide bonds. The average molecular weight is 238 g/mol. The van der Waals surface area contributed by atoms with Crippen molar-refractivity contribution >= 4 is 5.91 Å². The summed E-state index contributed by atoms with van der Waals surface area (Å²) in [6.07, 6.45) is 1.71. The van der Waals surface area contributed by atoms with E-state index in [9.17, 15) is 9.18 Å². The van der Waals surface area contributed by atoms with Crippen molar-refractivity contribution in [2.24, 2.45) is 5.73 Å². The van der Waals surface area contributed by atoms with E-state index < -0.39 is 11.7 Å². The fourth-order valence-corrected chi connectivity index (χ4v) is 1.65. The van der Waals surface area contributed by atoms with Crippen molar-refractivity contribution in [2.75, 3.05) is 13.7 Å². The molecule has 1 fully saturated rings. The highest BCUT2D eigenvalue weighted by atomic mass is 19.1. The van der Waals surface area contributed by atoms with Gasteiger partial charge in [-0.15, -0.1) is 0 Å². The maximum atomic E-state index is 13.6. The molecule has 4 nitrogen and oxygen atoms in total. The molecule has 1 aromatic rings. The molecule has 2 rings (SSSR count). The van der Waals surface area contributed by atoms with Crippen LogP contribution >= 0.6 is 0 Å². The normalized spacial score (nSPS) is 16.4. The number of hydrogen-bond acceptors (Lipinski definition) is 3. The number of methoxy groups -OCH3 is 1. The van der Waals surface area contributed by atoms with E-state index in [-0.39, 0.29) is 11.1 Å². The van der Waals surface area contributed by atoms with E-state index in [0.29, 0.717) is 12.3 Å². The number of nitrogens with one attached hydrogen (secondary N) is 1. The van der Waals surface area contributed by atoms with E-state index in [1.807, 2.05) is 0 Å². The quantitative estimate of drug-likeness (QED) is 0.824. The van der Waals surface area contributed by atoms with Gasteiger partial charge < -0.3 is 15.8 Å². The molecule has 17 heavy (non-hydrogen) atoms. The summed E-state index contributed by atoms with van der Waals surface area (Å²) in [6.45, 7) is 0.385. The van der Waals surface area contributed by atoms with Crippen molar-refractivity contribution in [3.63, 3.8) is 0 Å². The van der Waals surface area contributed by atoms with Crippen molar-refractivity contribution < 1.29 is 13.9 Å². The second-order valence-corrected chi connectivity index (χ2v) is 4.28. The van der Waals surface area contributed by atoms with Gasteiger partial charge >= 0.3 is 0 Å². The molecule has 1 aromatic carbocycles. The van der Waals surface area contributed by atoms with Gasteiger partial charge in [0.25, 0.3) is 5.91 Å². The molecule has 1 saturated carbocycles. The Labute approximate surface area is 98.9 Å². The molecule has 1 aliphatic carbocycles. The third-order valence-electron chi connectivity index (χ3n) is 3.04. The zero-order valence-corrected chi connectivity index (χ0v) is 9.63. The van der Waals surface area contributed by atoms with Gasteiger partial charge in [0.05, 0.1) is 18.2 Å². The molecular formula is C12H15FN2O2. The number of carbonyl (C=O) groups excluding carboxylic acids is 1. The number of benzene rings is 1. The summed E-state index contributed by atoms with van der Waals surface area (Å²) in [5.41, 5.74) is 5.25. The molecule has 0 radical (unpaired) electrons. The lowest BCUT2D eigenvalue weighted by molar-refractivity contribution is 0.0929. The number of rotatable bonds is 4. The number of carbonyl (C=O) groups is 1. The number of hydrogen-bond donors (Lipinski definition) is 2. The van der Waals surface area contributed by atoms with E-state index in [2.05, 4.69) is 5.32 Å². The van der Waals surface area contributed by atoms with Gasteiger partial charge in [-0.25, -0.2) is 4.39 Å². The summed E-state index contributed by atoms with van der Waals surface area (Å²) < 4.78 is 18.5. The number of amides is 1. The van der Waals surface area contributed by atoms with Gasteiger partial charge in [0.1, 0.15) is 11.6 Å². The Balaban J connectivity index is 2.14. The molecule has 0 spiro atoms. The molecule has 0 aliphatic heterocycles. The van der Waals surface area contributed by atoms with Crippen molar-refractivity contribution in [3.05, 3.63) is 29.6 Å². The Morgan fingerprint density at radius 1 is 1.59 bits per heavy atom. The summed E-state index contributed by atoms with van der Waals surface area (Å²) in [5, 5.41) is 2.77. The van der Waals surface area contributed by atoms with Gasteiger partial charge in [-0.2, -0.15) is 0 Å². The lowest BCUT2D eigenvalue weighted by Gasteiger charge is -2.15. The summed E-state index contributed by atoms with van der Waals surface area (Å²) in [5.74, 6) is -0.623. The molecule has 0 heterocycles. The van der Waals surface area contributed by atoms with E-state index >= 15 is 0 Å². The van der Waals surface area contributed by atoms with Crippen LogP contribution in [0.1, 0.15) is 23.2 Å². The second-order valence-electron chi connectivity index (χ2n) is 4.28. The van der Waals surface area contributed by atoms with E-state index in [4.69, 9.17) is 10.5 Å². The zero-order chi connectivity index (χ0) is 12.5. The van der Waals surface area contributed by atoms with Gasteiger partial charge in [-0.05, 0) is 25.0 Å². The SMILES string of the molecule is COc1ccc(C(=O)NC2(CN)CC2)c(F)c1. The highest BCUT2D eigenvalue weighted by Crippen LogP contribution is 2.34. The first-order valence-corrected chi connectivity index (χ1v) is 5.46. The Morgan fingerprint density at radius 2 is 2.29 bits per heavy atom. The van der Waals surface area contributed by atoms with Gasteiger partial charge in [0.15, 0.2) is 0 Å². The molecule has 1 aliphatic rings. The molecule has 5 heteroatoms. The summed E-state index contributed by atoms with van der Waals surface area (Å²) in [4.78, 5) is 11.8. The molecule has 92 valence electrons. The van der Waals surface area contributed by atoms with Crippen LogP contribution in [0.2, 0.25) is 0 Å². The predicted octanol–water partition coefficient (Wildman–Crippen LogP) is 1.06. The van der Waals surface area contributed by atoms with Gasteiger partial charge in [0, 0.05) is 12.6 Å². The van der Waals surface area contributed by atoms with Crippen LogP contribution in [-0.4, -0.2) is 25.1 Å². The molecule has 0 aromatic heterocycles. The van der Waals surface area contributed by atoms with Crippen molar-refractivity contribution in [3.8, 4) is 5.75 Å². The average Bonchev–Trinajstić information content (AvgIpc) is 3.09. The third-order valence-corrected chi connectivity index (χ3v) is 3.04. The number of nitrogens with two attached hydrogens (primary N) is 1. The highest BCUT2D eigenvalue weighted by Gasteiger charge is 2.42. The monoisotopic (exact) mass is 238 g/mol. The van der Waals surface area contributed by atoms with Crippen molar-refractivity contribution in [2.45, 2.75) is 18.4 Å². The molecule has 0 unspecified atom stereocenters. The lowest BCUT2D eigenvalue weighted by Crippen LogP contribution is -2.42. The minimum Gasteiger partial charge on any atom is -0.497 e. The number of ether oxygens (including phenoxy) is 1. The zero-order valence-electron chi connectivity index (χ0n) is 9.63. The first kappa shape index (κ1) is 11.9. The fourth-order valence-electron chi connectivity index (χ4n) is 1.65. The third kappa shape index (κ3) is 2.39. The van der Waals surface area contributed by atoms with E-state index in [0.717, 1.165) is 12.8 Å². The van der Waals surface area contributed by atoms with Crippen LogP contribution in [0.25, 0.3) is 0 Å². The maximum absolute atomic E-state index is 13.6. The van der Waals surface area contributed by atoms with Crippen molar-refractivity contribution in [1.82, 2.24) is 5.32 Å². The standard InChI is InChI=1S/C12H15FN2O2/c1-17-8-2-3-9(10(13)6-8)11(16)15-12(7-14)4-5-12/h2-3,6H,4-5,7,14H2,1H3,(H,15,16). The van der Waals surface area contributed by atoms with Crippen LogP contribution in [0.5, 0.6) is 5.75 Å². The van der Waals surface area contributed by atoms with E-state index in [1.165, 1.54) is 19.2 Å². The van der Waals surface area contributed by atoms with Gasteiger partial charge in [-0.1, -0.05) is 0 Å². The lowest BCUT2D eigenvalue weighted by atomic mass is 10.1. The maximum Gasteiger partial charge on any atom is 0.254 e. The van der Waals surface area contributed by atoms with Crippen LogP contribution in [0.3, 0.4) is 0 Å². The minimum atomic E-state index is -0.588. The Morgan fingerprint density at radius 3 is 2.76 bits per heavy atom. The molecule has 0 bridgehead atoms. The Kier molecular flexibility index (Phi) is 3.02. The second kappa shape index (κ2) is 4.33. The van der Waals surface area contributed by atoms with Crippen LogP contribution in [0.15, 0.2) is 18.2 Å². The smallest absolute Gasteiger partial charge is 0.254 e. The molecule has 0 saturated heterocycles. The van der Waals surface area contributed by atoms with Gasteiger partial charge in [0.2, 0.25) is 0 Å². The summed E-state index contributed by atoms with van der Waals surface area (Å²) >= 11 is 0. The van der Waals surface area contributed by atoms with Gasteiger partial charge in [-0.3, -0.25) is 4.79 Å². The largest absolute Gasteiger partial charge is 0.497 e. The predicted molar refractivity (Wildman–Crippen MR) is 61.4 cm³/mol. The van der Waals surface area contributed by atoms with Crippen LogP contribution in [0.4, 0.5) is 4.39 Å². The van der Waals surface area contributed by atoms with E-state index in [1.54, 1.807) is 6.07 Å². The molecule has 3 N–H and O–H groups in total. The topological polar surface area (TPSA) is 64.3 Å². The Bertz CT molecular complexity index is 444.